The van der Waals surface area contributed by atoms with Crippen LogP contribution in [-0.2, 0) is 0 Å². The summed E-state index contributed by atoms with van der Waals surface area (Å²) in [6, 6.07) is 0.355. The first-order chi connectivity index (χ1) is 6.02. The van der Waals surface area contributed by atoms with Crippen LogP contribution in [0.25, 0.3) is 0 Å². The average Bonchev–Trinajstić information content (AvgIpc) is 2.50. The summed E-state index contributed by atoms with van der Waals surface area (Å²) in [7, 11) is 0. The van der Waals surface area contributed by atoms with Gasteiger partial charge in [0.2, 0.25) is 0 Å². The molecule has 1 aromatic heterocycles. The van der Waals surface area contributed by atoms with E-state index in [-0.39, 0.29) is 5.92 Å². The van der Waals surface area contributed by atoms with Crippen molar-refractivity contribution in [1.82, 2.24) is 9.78 Å². The third-order valence-electron chi connectivity index (χ3n) is 2.12. The Kier molecular flexibility index (Phi) is 3.09. The fourth-order valence-corrected chi connectivity index (χ4v) is 1.17. The van der Waals surface area contributed by atoms with E-state index in [1.807, 2.05) is 24.7 Å². The van der Waals surface area contributed by atoms with E-state index in [9.17, 15) is 5.11 Å². The SMILES string of the molecule is CC(C)C(O)c1cnn(C(C)C)c1. The van der Waals surface area contributed by atoms with E-state index in [0.29, 0.717) is 6.04 Å². The van der Waals surface area contributed by atoms with Gasteiger partial charge in [0.15, 0.2) is 0 Å². The number of hydrogen-bond acceptors (Lipinski definition) is 2. The maximum atomic E-state index is 9.74. The largest absolute Gasteiger partial charge is 0.388 e. The van der Waals surface area contributed by atoms with Crippen molar-refractivity contribution < 1.29 is 5.11 Å². The molecule has 0 aliphatic rings. The van der Waals surface area contributed by atoms with E-state index in [4.69, 9.17) is 0 Å². The molecule has 0 fully saturated rings. The minimum atomic E-state index is -0.396. The highest BCUT2D eigenvalue weighted by molar-refractivity contribution is 5.08. The zero-order valence-electron chi connectivity index (χ0n) is 8.73. The van der Waals surface area contributed by atoms with Gasteiger partial charge < -0.3 is 5.11 Å². The fourth-order valence-electron chi connectivity index (χ4n) is 1.17. The van der Waals surface area contributed by atoms with Crippen molar-refractivity contribution in [2.24, 2.45) is 5.92 Å². The molecule has 0 radical (unpaired) electrons. The average molecular weight is 182 g/mol. The second kappa shape index (κ2) is 3.92. The van der Waals surface area contributed by atoms with Crippen LogP contribution in [0.1, 0.15) is 45.4 Å². The number of nitrogens with zero attached hydrogens (tertiary/aromatic N) is 2. The van der Waals surface area contributed by atoms with Crippen LogP contribution in [0, 0.1) is 5.92 Å². The Labute approximate surface area is 79.4 Å². The van der Waals surface area contributed by atoms with Gasteiger partial charge in [-0.25, -0.2) is 0 Å². The summed E-state index contributed by atoms with van der Waals surface area (Å²) in [5.41, 5.74) is 0.906. The van der Waals surface area contributed by atoms with Crippen molar-refractivity contribution in [1.29, 1.82) is 0 Å². The van der Waals surface area contributed by atoms with Gasteiger partial charge in [-0.2, -0.15) is 5.10 Å². The molecule has 0 aliphatic carbocycles. The summed E-state index contributed by atoms with van der Waals surface area (Å²) >= 11 is 0. The standard InChI is InChI=1S/C10H18N2O/c1-7(2)10(13)9-5-11-12(6-9)8(3)4/h5-8,10,13H,1-4H3. The molecular weight excluding hydrogens is 164 g/mol. The third-order valence-corrected chi connectivity index (χ3v) is 2.12. The zero-order valence-corrected chi connectivity index (χ0v) is 8.73. The summed E-state index contributed by atoms with van der Waals surface area (Å²) in [5.74, 6) is 0.241. The Morgan fingerprint density at radius 1 is 1.31 bits per heavy atom. The number of rotatable bonds is 3. The number of aliphatic hydroxyl groups excluding tert-OH is 1. The third kappa shape index (κ3) is 2.31. The molecular formula is C10H18N2O. The molecule has 1 heterocycles. The van der Waals surface area contributed by atoms with Crippen LogP contribution < -0.4 is 0 Å². The van der Waals surface area contributed by atoms with Crippen LogP contribution in [-0.4, -0.2) is 14.9 Å². The van der Waals surface area contributed by atoms with E-state index in [1.54, 1.807) is 6.20 Å². The second-order valence-electron chi connectivity index (χ2n) is 4.04. The fraction of sp³-hybridized carbons (Fsp3) is 0.700. The highest BCUT2D eigenvalue weighted by atomic mass is 16.3. The summed E-state index contributed by atoms with van der Waals surface area (Å²) in [4.78, 5) is 0. The molecule has 1 atom stereocenters. The molecule has 0 aromatic carbocycles. The molecule has 0 bridgehead atoms. The molecule has 1 N–H and O–H groups in total. The first-order valence-electron chi connectivity index (χ1n) is 4.74. The molecule has 3 nitrogen and oxygen atoms in total. The van der Waals surface area contributed by atoms with Crippen LogP contribution in [0.5, 0.6) is 0 Å². The topological polar surface area (TPSA) is 38.1 Å². The van der Waals surface area contributed by atoms with Crippen LogP contribution in [0.15, 0.2) is 12.4 Å². The molecule has 0 saturated heterocycles. The van der Waals surface area contributed by atoms with Crippen LogP contribution in [0.2, 0.25) is 0 Å². The number of hydrogen-bond donors (Lipinski definition) is 1. The smallest absolute Gasteiger partial charge is 0.0843 e. The van der Waals surface area contributed by atoms with Crippen molar-refractivity contribution in [2.75, 3.05) is 0 Å². The lowest BCUT2D eigenvalue weighted by molar-refractivity contribution is 0.127. The lowest BCUT2D eigenvalue weighted by Gasteiger charge is -2.11. The van der Waals surface area contributed by atoms with Gasteiger partial charge in [-0.05, 0) is 19.8 Å². The predicted molar refractivity (Wildman–Crippen MR) is 52.4 cm³/mol. The quantitative estimate of drug-likeness (QED) is 0.777. The molecule has 1 unspecified atom stereocenters. The van der Waals surface area contributed by atoms with E-state index >= 15 is 0 Å². The number of aliphatic hydroxyl groups is 1. The van der Waals surface area contributed by atoms with Gasteiger partial charge in [-0.15, -0.1) is 0 Å². The minimum Gasteiger partial charge on any atom is -0.388 e. The summed E-state index contributed by atoms with van der Waals surface area (Å²) in [6.07, 6.45) is 3.26. The maximum absolute atomic E-state index is 9.74. The van der Waals surface area contributed by atoms with Gasteiger partial charge in [0.1, 0.15) is 0 Å². The molecule has 3 heteroatoms. The van der Waals surface area contributed by atoms with E-state index in [2.05, 4.69) is 18.9 Å². The van der Waals surface area contributed by atoms with Crippen molar-refractivity contribution in [2.45, 2.75) is 39.8 Å². The Hall–Kier alpha value is -0.830. The van der Waals surface area contributed by atoms with Crippen molar-refractivity contribution in [3.63, 3.8) is 0 Å². The first kappa shape index (κ1) is 10.3. The normalized spacial score (nSPS) is 14.1. The molecule has 0 saturated carbocycles. The van der Waals surface area contributed by atoms with Gasteiger partial charge in [0, 0.05) is 17.8 Å². The zero-order chi connectivity index (χ0) is 10.0. The highest BCUT2D eigenvalue weighted by Crippen LogP contribution is 2.21. The summed E-state index contributed by atoms with van der Waals surface area (Å²) in [6.45, 7) is 8.13. The summed E-state index contributed by atoms with van der Waals surface area (Å²) < 4.78 is 1.86. The Balaban J connectivity index is 2.79. The molecule has 0 spiro atoms. The Morgan fingerprint density at radius 3 is 2.31 bits per heavy atom. The lowest BCUT2D eigenvalue weighted by atomic mass is 10.0. The van der Waals surface area contributed by atoms with E-state index in [1.165, 1.54) is 0 Å². The monoisotopic (exact) mass is 182 g/mol. The molecule has 0 amide bonds. The lowest BCUT2D eigenvalue weighted by Crippen LogP contribution is -2.04. The van der Waals surface area contributed by atoms with Gasteiger partial charge in [0.25, 0.3) is 0 Å². The summed E-state index contributed by atoms with van der Waals surface area (Å²) in [5, 5.41) is 13.9. The molecule has 74 valence electrons. The van der Waals surface area contributed by atoms with Crippen molar-refractivity contribution >= 4 is 0 Å². The van der Waals surface area contributed by atoms with Gasteiger partial charge in [0.05, 0.1) is 12.3 Å². The molecule has 1 rings (SSSR count). The van der Waals surface area contributed by atoms with Crippen molar-refractivity contribution in [3.05, 3.63) is 18.0 Å². The number of aromatic nitrogens is 2. The predicted octanol–water partition coefficient (Wildman–Crippen LogP) is 2.15. The minimum absolute atomic E-state index is 0.241. The first-order valence-corrected chi connectivity index (χ1v) is 4.74. The Morgan fingerprint density at radius 2 is 1.92 bits per heavy atom. The maximum Gasteiger partial charge on any atom is 0.0843 e. The molecule has 0 aliphatic heterocycles. The van der Waals surface area contributed by atoms with Gasteiger partial charge in [-0.3, -0.25) is 4.68 Å². The van der Waals surface area contributed by atoms with Crippen LogP contribution in [0.4, 0.5) is 0 Å². The van der Waals surface area contributed by atoms with Gasteiger partial charge >= 0.3 is 0 Å². The van der Waals surface area contributed by atoms with Gasteiger partial charge in [-0.1, -0.05) is 13.8 Å². The van der Waals surface area contributed by atoms with Crippen molar-refractivity contribution in [3.8, 4) is 0 Å². The molecule has 1 aromatic rings. The van der Waals surface area contributed by atoms with Crippen LogP contribution >= 0.6 is 0 Å². The van der Waals surface area contributed by atoms with E-state index in [0.717, 1.165) is 5.56 Å². The molecule has 13 heavy (non-hydrogen) atoms. The van der Waals surface area contributed by atoms with Crippen LogP contribution in [0.3, 0.4) is 0 Å². The second-order valence-corrected chi connectivity index (χ2v) is 4.04. The highest BCUT2D eigenvalue weighted by Gasteiger charge is 2.14. The van der Waals surface area contributed by atoms with E-state index < -0.39 is 6.10 Å². The Bertz CT molecular complexity index is 266.